The third-order valence-electron chi connectivity index (χ3n) is 11.4. The molecule has 0 spiro atoms. The van der Waals surface area contributed by atoms with Gasteiger partial charge in [-0.1, -0.05) is 218 Å². The van der Waals surface area contributed by atoms with Gasteiger partial charge in [-0.25, -0.2) is 29.9 Å². The molecule has 0 fully saturated rings. The minimum Gasteiger partial charge on any atom is -0.208 e. The van der Waals surface area contributed by atoms with Crippen LogP contribution in [0.25, 0.3) is 112 Å². The van der Waals surface area contributed by atoms with Gasteiger partial charge in [-0.15, -0.1) is 0 Å². The lowest BCUT2D eigenvalue weighted by molar-refractivity contribution is 1.07. The summed E-state index contributed by atoms with van der Waals surface area (Å²) in [4.78, 5) is 30.3. The highest BCUT2D eigenvalue weighted by Crippen LogP contribution is 2.42. The lowest BCUT2D eigenvalue weighted by Crippen LogP contribution is -2.01. The molecule has 0 atom stereocenters. The number of fused-ring (bicyclic) bond motifs is 1. The molecule has 64 heavy (non-hydrogen) atoms. The minimum absolute atomic E-state index is 0.611. The van der Waals surface area contributed by atoms with Crippen molar-refractivity contribution in [1.29, 1.82) is 0 Å². The zero-order chi connectivity index (χ0) is 42.7. The predicted molar refractivity (Wildman–Crippen MR) is 260 cm³/mol. The molecule has 0 unspecified atom stereocenters. The van der Waals surface area contributed by atoms with Crippen LogP contribution in [0.2, 0.25) is 0 Å². The van der Waals surface area contributed by atoms with E-state index in [9.17, 15) is 0 Å². The second-order valence-electron chi connectivity index (χ2n) is 15.5. The van der Waals surface area contributed by atoms with E-state index >= 15 is 0 Å². The summed E-state index contributed by atoms with van der Waals surface area (Å²) in [6.07, 6.45) is 0. The first kappa shape index (κ1) is 38.2. The van der Waals surface area contributed by atoms with Gasteiger partial charge in [0.05, 0.1) is 0 Å². The molecule has 0 aliphatic heterocycles. The lowest BCUT2D eigenvalue weighted by Gasteiger charge is -2.18. The molecule has 9 aromatic carbocycles. The normalized spacial score (nSPS) is 11.1. The Kier molecular flexibility index (Phi) is 10.1. The van der Waals surface area contributed by atoms with Crippen LogP contribution < -0.4 is 0 Å². The SMILES string of the molecule is c1ccc(-c2nc(-c3ccccc3)nc(-c3ccccc3-c3ccc(-c4ccc(-c5nc(-c6ccccc6)nc(-c6ccccc6)n5)c5ccccc45)c(-c4ccccc4)c3)n2)cc1. The van der Waals surface area contributed by atoms with Crippen LogP contribution in [0.15, 0.2) is 231 Å². The van der Waals surface area contributed by atoms with E-state index in [0.29, 0.717) is 34.9 Å². The van der Waals surface area contributed by atoms with E-state index in [2.05, 4.69) is 103 Å². The highest BCUT2D eigenvalue weighted by molar-refractivity contribution is 6.07. The van der Waals surface area contributed by atoms with Crippen LogP contribution in [0.1, 0.15) is 0 Å². The van der Waals surface area contributed by atoms with Gasteiger partial charge in [0.25, 0.3) is 0 Å². The van der Waals surface area contributed by atoms with Gasteiger partial charge in [-0.05, 0) is 56.3 Å². The summed E-state index contributed by atoms with van der Waals surface area (Å²) in [5.41, 5.74) is 12.1. The first-order valence-electron chi connectivity index (χ1n) is 21.3. The van der Waals surface area contributed by atoms with Crippen LogP contribution in [0.4, 0.5) is 0 Å². The first-order valence-corrected chi connectivity index (χ1v) is 21.3. The van der Waals surface area contributed by atoms with Crippen LogP contribution in [0.5, 0.6) is 0 Å². The molecule has 0 saturated heterocycles. The van der Waals surface area contributed by atoms with Crippen LogP contribution >= 0.6 is 0 Å². The van der Waals surface area contributed by atoms with E-state index in [1.165, 1.54) is 0 Å². The van der Waals surface area contributed by atoms with Gasteiger partial charge >= 0.3 is 0 Å². The van der Waals surface area contributed by atoms with E-state index in [0.717, 1.165) is 77.5 Å². The van der Waals surface area contributed by atoms with Gasteiger partial charge in [0, 0.05) is 33.4 Å². The molecule has 11 aromatic rings. The zero-order valence-corrected chi connectivity index (χ0v) is 34.6. The molecular formula is C58H38N6. The Morgan fingerprint density at radius 2 is 0.500 bits per heavy atom. The molecule has 2 heterocycles. The third kappa shape index (κ3) is 7.50. The van der Waals surface area contributed by atoms with Crippen molar-refractivity contribution in [3.8, 4) is 102 Å². The van der Waals surface area contributed by atoms with Crippen LogP contribution in [0.3, 0.4) is 0 Å². The van der Waals surface area contributed by atoms with Crippen molar-refractivity contribution < 1.29 is 0 Å². The Morgan fingerprint density at radius 3 is 0.969 bits per heavy atom. The highest BCUT2D eigenvalue weighted by atomic mass is 15.0. The fourth-order valence-electron chi connectivity index (χ4n) is 8.32. The summed E-state index contributed by atoms with van der Waals surface area (Å²) in [5.74, 6) is 3.74. The maximum absolute atomic E-state index is 5.11. The maximum Gasteiger partial charge on any atom is 0.164 e. The molecule has 0 bridgehead atoms. The van der Waals surface area contributed by atoms with Crippen molar-refractivity contribution in [1.82, 2.24) is 29.9 Å². The van der Waals surface area contributed by atoms with Crippen molar-refractivity contribution in [2.75, 3.05) is 0 Å². The van der Waals surface area contributed by atoms with E-state index in [1.54, 1.807) is 0 Å². The number of rotatable bonds is 9. The molecule has 0 aliphatic carbocycles. The Morgan fingerprint density at radius 1 is 0.172 bits per heavy atom. The standard InChI is InChI=1S/C58H38N6/c1-6-20-39(21-7-1)52-38-44(45-30-16-19-33-50(45)57-61-53(40-22-8-2-9-23-40)59-54(62-57)41-24-10-3-11-25-41)34-35-49(52)48-36-37-51(47-32-18-17-31-46(47)48)58-63-55(42-26-12-4-13-27-42)60-56(64-58)43-28-14-5-15-29-43/h1-38H. The average Bonchev–Trinajstić information content (AvgIpc) is 3.39. The smallest absolute Gasteiger partial charge is 0.164 e. The van der Waals surface area contributed by atoms with Gasteiger partial charge in [0.15, 0.2) is 34.9 Å². The van der Waals surface area contributed by atoms with Gasteiger partial charge in [0.1, 0.15) is 0 Å². The van der Waals surface area contributed by atoms with E-state index in [4.69, 9.17) is 29.9 Å². The van der Waals surface area contributed by atoms with Gasteiger partial charge in [0.2, 0.25) is 0 Å². The van der Waals surface area contributed by atoms with Crippen molar-refractivity contribution in [2.45, 2.75) is 0 Å². The molecule has 0 saturated carbocycles. The Balaban J connectivity index is 1.07. The van der Waals surface area contributed by atoms with Gasteiger partial charge in [-0.2, -0.15) is 0 Å². The monoisotopic (exact) mass is 818 g/mol. The highest BCUT2D eigenvalue weighted by Gasteiger charge is 2.20. The molecule has 0 aliphatic rings. The number of benzene rings is 9. The Bertz CT molecular complexity index is 3300. The molecule has 2 aromatic heterocycles. The lowest BCUT2D eigenvalue weighted by atomic mass is 9.87. The molecule has 300 valence electrons. The summed E-state index contributed by atoms with van der Waals surface area (Å²) >= 11 is 0. The number of hydrogen-bond acceptors (Lipinski definition) is 6. The van der Waals surface area contributed by atoms with Crippen molar-refractivity contribution in [3.63, 3.8) is 0 Å². The van der Waals surface area contributed by atoms with E-state index < -0.39 is 0 Å². The maximum atomic E-state index is 5.11. The summed E-state index contributed by atoms with van der Waals surface area (Å²) < 4.78 is 0. The molecule has 6 nitrogen and oxygen atoms in total. The molecule has 0 radical (unpaired) electrons. The van der Waals surface area contributed by atoms with Crippen LogP contribution in [-0.2, 0) is 0 Å². The summed E-state index contributed by atoms with van der Waals surface area (Å²) in [6, 6.07) is 79.0. The second-order valence-corrected chi connectivity index (χ2v) is 15.5. The van der Waals surface area contributed by atoms with Gasteiger partial charge < -0.3 is 0 Å². The van der Waals surface area contributed by atoms with Crippen LogP contribution in [-0.4, -0.2) is 29.9 Å². The summed E-state index contributed by atoms with van der Waals surface area (Å²) in [5, 5.41) is 2.15. The molecule has 0 amide bonds. The van der Waals surface area contributed by atoms with E-state index in [-0.39, 0.29) is 0 Å². The van der Waals surface area contributed by atoms with Crippen molar-refractivity contribution >= 4 is 10.8 Å². The quantitative estimate of drug-likeness (QED) is 0.144. The first-order chi connectivity index (χ1) is 31.7. The second kappa shape index (κ2) is 17.0. The Labute approximate surface area is 371 Å². The zero-order valence-electron chi connectivity index (χ0n) is 34.6. The molecule has 0 N–H and O–H groups in total. The fraction of sp³-hybridized carbons (Fsp3) is 0. The number of hydrogen-bond donors (Lipinski definition) is 0. The predicted octanol–water partition coefficient (Wildman–Crippen LogP) is 14.2. The Hall–Kier alpha value is -8.74. The van der Waals surface area contributed by atoms with E-state index in [1.807, 2.05) is 127 Å². The number of aromatic nitrogens is 6. The van der Waals surface area contributed by atoms with Crippen LogP contribution in [0, 0.1) is 0 Å². The summed E-state index contributed by atoms with van der Waals surface area (Å²) in [7, 11) is 0. The number of nitrogens with zero attached hydrogens (tertiary/aromatic N) is 6. The van der Waals surface area contributed by atoms with Crippen molar-refractivity contribution in [3.05, 3.63) is 231 Å². The van der Waals surface area contributed by atoms with Crippen molar-refractivity contribution in [2.24, 2.45) is 0 Å². The molecular weight excluding hydrogens is 781 g/mol. The average molecular weight is 819 g/mol. The topological polar surface area (TPSA) is 77.3 Å². The fourth-order valence-corrected chi connectivity index (χ4v) is 8.32. The minimum atomic E-state index is 0.611. The summed E-state index contributed by atoms with van der Waals surface area (Å²) in [6.45, 7) is 0. The largest absolute Gasteiger partial charge is 0.208 e. The molecule has 11 rings (SSSR count). The van der Waals surface area contributed by atoms with Gasteiger partial charge in [-0.3, -0.25) is 0 Å². The molecule has 6 heteroatoms. The third-order valence-corrected chi connectivity index (χ3v) is 11.4.